The monoisotopic (exact) mass is 309 g/mol. The van der Waals surface area contributed by atoms with E-state index in [1.807, 2.05) is 26.0 Å². The van der Waals surface area contributed by atoms with Gasteiger partial charge in [-0.3, -0.25) is 4.79 Å². The highest BCUT2D eigenvalue weighted by Crippen LogP contribution is 2.26. The van der Waals surface area contributed by atoms with E-state index in [9.17, 15) is 4.79 Å². The van der Waals surface area contributed by atoms with Crippen LogP contribution < -0.4 is 10.1 Å². The molecule has 1 aliphatic carbocycles. The molecule has 2 rings (SSSR count). The Morgan fingerprint density at radius 2 is 1.81 bits per heavy atom. The molecule has 0 radical (unpaired) electrons. The number of rotatable bonds is 4. The number of carbonyl (C=O) groups excluding carboxylic acids is 1. The van der Waals surface area contributed by atoms with E-state index < -0.39 is 6.10 Å². The average Bonchev–Trinajstić information content (AvgIpc) is 2.45. The van der Waals surface area contributed by atoms with E-state index in [0.29, 0.717) is 11.8 Å². The van der Waals surface area contributed by atoms with Gasteiger partial charge in [0.15, 0.2) is 6.10 Å². The summed E-state index contributed by atoms with van der Waals surface area (Å²) in [5, 5.41) is 3.84. The van der Waals surface area contributed by atoms with Crippen molar-refractivity contribution in [2.24, 2.45) is 0 Å². The lowest BCUT2D eigenvalue weighted by Crippen LogP contribution is -2.43. The first-order chi connectivity index (χ1) is 9.97. The summed E-state index contributed by atoms with van der Waals surface area (Å²) in [6.07, 6.45) is 5.36. The SMILES string of the molecule is Cc1cc(O[C@H](C)C(=O)NC2CCCCC2)cc(C)c1Cl. The van der Waals surface area contributed by atoms with Crippen LogP contribution in [0.15, 0.2) is 12.1 Å². The van der Waals surface area contributed by atoms with Gasteiger partial charge in [-0.25, -0.2) is 0 Å². The van der Waals surface area contributed by atoms with Gasteiger partial charge in [0.1, 0.15) is 5.75 Å². The maximum atomic E-state index is 12.2. The van der Waals surface area contributed by atoms with Crippen molar-refractivity contribution in [1.82, 2.24) is 5.32 Å². The number of amides is 1. The molecule has 0 heterocycles. The summed E-state index contributed by atoms with van der Waals surface area (Å²) in [4.78, 5) is 12.2. The molecule has 116 valence electrons. The van der Waals surface area contributed by atoms with Gasteiger partial charge in [0.25, 0.3) is 5.91 Å². The lowest BCUT2D eigenvalue weighted by molar-refractivity contribution is -0.128. The quantitative estimate of drug-likeness (QED) is 0.906. The van der Waals surface area contributed by atoms with Crippen LogP contribution in [0, 0.1) is 13.8 Å². The average molecular weight is 310 g/mol. The Morgan fingerprint density at radius 1 is 1.24 bits per heavy atom. The molecule has 1 atom stereocenters. The van der Waals surface area contributed by atoms with Crippen molar-refractivity contribution in [2.75, 3.05) is 0 Å². The summed E-state index contributed by atoms with van der Waals surface area (Å²) in [5.41, 5.74) is 1.93. The van der Waals surface area contributed by atoms with Crippen LogP contribution in [0.3, 0.4) is 0 Å². The summed E-state index contributed by atoms with van der Waals surface area (Å²) in [5.74, 6) is 0.660. The third-order valence-corrected chi connectivity index (χ3v) is 4.64. The van der Waals surface area contributed by atoms with Gasteiger partial charge >= 0.3 is 0 Å². The number of halogens is 1. The molecule has 1 aromatic carbocycles. The number of carbonyl (C=O) groups is 1. The summed E-state index contributed by atoms with van der Waals surface area (Å²) in [6, 6.07) is 4.06. The van der Waals surface area contributed by atoms with E-state index in [0.717, 1.165) is 29.0 Å². The minimum Gasteiger partial charge on any atom is -0.481 e. The molecule has 0 unspecified atom stereocenters. The van der Waals surface area contributed by atoms with Crippen molar-refractivity contribution < 1.29 is 9.53 Å². The normalized spacial score (nSPS) is 17.3. The van der Waals surface area contributed by atoms with E-state index in [1.165, 1.54) is 19.3 Å². The number of hydrogen-bond acceptors (Lipinski definition) is 2. The maximum absolute atomic E-state index is 12.2. The van der Waals surface area contributed by atoms with Crippen molar-refractivity contribution in [3.8, 4) is 5.75 Å². The van der Waals surface area contributed by atoms with Crippen LogP contribution >= 0.6 is 11.6 Å². The van der Waals surface area contributed by atoms with Gasteiger partial charge in [0, 0.05) is 11.1 Å². The minimum absolute atomic E-state index is 0.0350. The topological polar surface area (TPSA) is 38.3 Å². The molecule has 4 heteroatoms. The zero-order chi connectivity index (χ0) is 15.4. The zero-order valence-electron chi connectivity index (χ0n) is 13.0. The summed E-state index contributed by atoms with van der Waals surface area (Å²) >= 11 is 6.14. The number of aryl methyl sites for hydroxylation is 2. The van der Waals surface area contributed by atoms with Crippen molar-refractivity contribution in [3.63, 3.8) is 0 Å². The maximum Gasteiger partial charge on any atom is 0.260 e. The van der Waals surface area contributed by atoms with Gasteiger partial charge in [-0.15, -0.1) is 0 Å². The Morgan fingerprint density at radius 3 is 2.38 bits per heavy atom. The first kappa shape index (κ1) is 16.2. The van der Waals surface area contributed by atoms with Crippen LogP contribution in [0.1, 0.15) is 50.2 Å². The lowest BCUT2D eigenvalue weighted by atomic mass is 9.95. The van der Waals surface area contributed by atoms with Gasteiger partial charge in [0.2, 0.25) is 0 Å². The molecule has 0 spiro atoms. The van der Waals surface area contributed by atoms with Gasteiger partial charge in [-0.05, 0) is 56.9 Å². The standard InChI is InChI=1S/C17H24ClNO2/c1-11-9-15(10-12(2)16(11)18)21-13(3)17(20)19-14-7-5-4-6-8-14/h9-10,13-14H,4-8H2,1-3H3,(H,19,20)/t13-/m1/s1. The molecule has 1 aromatic rings. The fraction of sp³-hybridized carbons (Fsp3) is 0.588. The molecule has 1 amide bonds. The predicted octanol–water partition coefficient (Wildman–Crippen LogP) is 4.17. The Kier molecular flexibility index (Phi) is 5.51. The molecule has 0 bridgehead atoms. The Balaban J connectivity index is 1.93. The van der Waals surface area contributed by atoms with E-state index in [2.05, 4.69) is 5.32 Å². The molecular formula is C17H24ClNO2. The number of benzene rings is 1. The second-order valence-corrected chi connectivity index (χ2v) is 6.35. The van der Waals surface area contributed by atoms with Crippen molar-refractivity contribution >= 4 is 17.5 Å². The fourth-order valence-corrected chi connectivity index (χ4v) is 2.91. The summed E-state index contributed by atoms with van der Waals surface area (Å²) < 4.78 is 5.76. The molecule has 1 aliphatic rings. The molecule has 1 saturated carbocycles. The highest BCUT2D eigenvalue weighted by Gasteiger charge is 2.21. The van der Waals surface area contributed by atoms with Gasteiger partial charge in [-0.2, -0.15) is 0 Å². The van der Waals surface area contributed by atoms with Crippen LogP contribution in [-0.2, 0) is 4.79 Å². The molecule has 0 aliphatic heterocycles. The zero-order valence-corrected chi connectivity index (χ0v) is 13.8. The van der Waals surface area contributed by atoms with E-state index in [-0.39, 0.29) is 5.91 Å². The van der Waals surface area contributed by atoms with E-state index >= 15 is 0 Å². The molecule has 1 N–H and O–H groups in total. The third-order valence-electron chi connectivity index (χ3n) is 4.04. The van der Waals surface area contributed by atoms with Crippen LogP contribution in [-0.4, -0.2) is 18.1 Å². The molecule has 21 heavy (non-hydrogen) atoms. The number of nitrogens with one attached hydrogen (secondary N) is 1. The molecule has 0 aromatic heterocycles. The lowest BCUT2D eigenvalue weighted by Gasteiger charge is -2.24. The molecule has 0 saturated heterocycles. The smallest absolute Gasteiger partial charge is 0.260 e. The second-order valence-electron chi connectivity index (χ2n) is 5.97. The first-order valence-electron chi connectivity index (χ1n) is 7.71. The Labute approximate surface area is 132 Å². The van der Waals surface area contributed by atoms with Gasteiger partial charge in [-0.1, -0.05) is 30.9 Å². The van der Waals surface area contributed by atoms with Crippen molar-refractivity contribution in [3.05, 3.63) is 28.3 Å². The van der Waals surface area contributed by atoms with Crippen molar-refractivity contribution in [1.29, 1.82) is 0 Å². The van der Waals surface area contributed by atoms with Crippen LogP contribution in [0.2, 0.25) is 5.02 Å². The van der Waals surface area contributed by atoms with Crippen LogP contribution in [0.4, 0.5) is 0 Å². The highest BCUT2D eigenvalue weighted by atomic mass is 35.5. The second kappa shape index (κ2) is 7.17. The largest absolute Gasteiger partial charge is 0.481 e. The molecular weight excluding hydrogens is 286 g/mol. The Hall–Kier alpha value is -1.22. The Bertz CT molecular complexity index is 487. The fourth-order valence-electron chi connectivity index (χ4n) is 2.80. The third kappa shape index (κ3) is 4.37. The molecule has 1 fully saturated rings. The van der Waals surface area contributed by atoms with Crippen LogP contribution in [0.5, 0.6) is 5.75 Å². The minimum atomic E-state index is -0.494. The van der Waals surface area contributed by atoms with Crippen LogP contribution in [0.25, 0.3) is 0 Å². The van der Waals surface area contributed by atoms with E-state index in [1.54, 1.807) is 6.92 Å². The van der Waals surface area contributed by atoms with E-state index in [4.69, 9.17) is 16.3 Å². The van der Waals surface area contributed by atoms with Crippen molar-refractivity contribution in [2.45, 2.75) is 65.0 Å². The highest BCUT2D eigenvalue weighted by molar-refractivity contribution is 6.32. The summed E-state index contributed by atoms with van der Waals surface area (Å²) in [7, 11) is 0. The predicted molar refractivity (Wildman–Crippen MR) is 86.0 cm³/mol. The summed E-state index contributed by atoms with van der Waals surface area (Å²) in [6.45, 7) is 5.67. The van der Waals surface area contributed by atoms with Gasteiger partial charge in [0.05, 0.1) is 0 Å². The first-order valence-corrected chi connectivity index (χ1v) is 8.09. The number of ether oxygens (including phenoxy) is 1. The molecule has 3 nitrogen and oxygen atoms in total. The number of hydrogen-bond donors (Lipinski definition) is 1. The van der Waals surface area contributed by atoms with Gasteiger partial charge < -0.3 is 10.1 Å².